The summed E-state index contributed by atoms with van der Waals surface area (Å²) in [6.45, 7) is 8.92. The predicted octanol–water partition coefficient (Wildman–Crippen LogP) is 4.23. The van der Waals surface area contributed by atoms with E-state index in [1.807, 2.05) is 24.3 Å². The van der Waals surface area contributed by atoms with Crippen LogP contribution in [0.4, 0.5) is 0 Å². The molecule has 0 aliphatic carbocycles. The molecule has 0 spiro atoms. The van der Waals surface area contributed by atoms with Gasteiger partial charge in [0.15, 0.2) is 5.78 Å². The average Bonchev–Trinajstić information content (AvgIpc) is 2.74. The lowest BCUT2D eigenvalue weighted by molar-refractivity contribution is -0.124. The molecule has 0 amide bonds. The molecule has 31 heavy (non-hydrogen) atoms. The Morgan fingerprint density at radius 3 is 1.81 bits per heavy atom. The second-order valence-electron chi connectivity index (χ2n) is 9.28. The molecule has 0 bridgehead atoms. The van der Waals surface area contributed by atoms with Gasteiger partial charge in [-0.25, -0.2) is 8.42 Å². The molecule has 1 saturated heterocycles. The minimum atomic E-state index is -3.59. The summed E-state index contributed by atoms with van der Waals surface area (Å²) in [6, 6.07) is 15.1. The van der Waals surface area contributed by atoms with Crippen molar-refractivity contribution in [3.05, 3.63) is 65.2 Å². The quantitative estimate of drug-likeness (QED) is 0.696. The Hall–Kier alpha value is -2.02. The van der Waals surface area contributed by atoms with Crippen molar-refractivity contribution in [3.63, 3.8) is 0 Å². The van der Waals surface area contributed by atoms with E-state index in [-0.39, 0.29) is 30.2 Å². The summed E-state index contributed by atoms with van der Waals surface area (Å²) < 4.78 is 27.5. The molecule has 1 fully saturated rings. The first kappa shape index (κ1) is 23.6. The van der Waals surface area contributed by atoms with Crippen LogP contribution < -0.4 is 5.73 Å². The summed E-state index contributed by atoms with van der Waals surface area (Å²) in [4.78, 5) is 13.2. The van der Waals surface area contributed by atoms with Crippen molar-refractivity contribution in [2.75, 3.05) is 13.1 Å². The summed E-state index contributed by atoms with van der Waals surface area (Å²) in [6.07, 6.45) is 0.941. The number of ketones is 1. The molecule has 2 aromatic carbocycles. The minimum absolute atomic E-state index is 0.0249. The van der Waals surface area contributed by atoms with Crippen LogP contribution in [0.3, 0.4) is 0 Å². The van der Waals surface area contributed by atoms with E-state index in [0.717, 1.165) is 11.1 Å². The smallest absolute Gasteiger partial charge is 0.243 e. The van der Waals surface area contributed by atoms with Crippen LogP contribution in [0.25, 0.3) is 0 Å². The first-order valence-corrected chi connectivity index (χ1v) is 12.5. The maximum absolute atomic E-state index is 13.0. The minimum Gasteiger partial charge on any atom is -0.319 e. The standard InChI is InChI=1S/C25H34N2O3S/c1-18(2)21-7-5-20(6-8-21)17-24(28)25(26)13-15-27(16-14-25)31(29,30)23-11-9-22(10-12-23)19(3)4/h5-12,18-19H,13-17,26H2,1-4H3. The second-order valence-corrected chi connectivity index (χ2v) is 11.2. The number of carbonyl (C=O) groups excluding carboxylic acids is 1. The van der Waals surface area contributed by atoms with Crippen molar-refractivity contribution in [2.24, 2.45) is 5.73 Å². The zero-order chi connectivity index (χ0) is 22.8. The largest absolute Gasteiger partial charge is 0.319 e. The fourth-order valence-electron chi connectivity index (χ4n) is 3.96. The monoisotopic (exact) mass is 442 g/mol. The first-order chi connectivity index (χ1) is 14.5. The molecule has 1 aliphatic rings. The van der Waals surface area contributed by atoms with Crippen LogP contribution in [-0.4, -0.2) is 37.1 Å². The van der Waals surface area contributed by atoms with Crippen molar-refractivity contribution in [3.8, 4) is 0 Å². The third kappa shape index (κ3) is 5.25. The third-order valence-electron chi connectivity index (χ3n) is 6.37. The van der Waals surface area contributed by atoms with Crippen molar-refractivity contribution >= 4 is 15.8 Å². The summed E-state index contributed by atoms with van der Waals surface area (Å²) in [7, 11) is -3.59. The van der Waals surface area contributed by atoms with Gasteiger partial charge in [0.1, 0.15) is 0 Å². The number of rotatable bonds is 7. The van der Waals surface area contributed by atoms with E-state index in [1.165, 1.54) is 9.87 Å². The average molecular weight is 443 g/mol. The van der Waals surface area contributed by atoms with E-state index in [0.29, 0.717) is 24.7 Å². The number of nitrogens with zero attached hydrogens (tertiary/aromatic N) is 1. The van der Waals surface area contributed by atoms with Gasteiger partial charge >= 0.3 is 0 Å². The maximum atomic E-state index is 13.0. The van der Waals surface area contributed by atoms with Gasteiger partial charge in [0, 0.05) is 19.5 Å². The van der Waals surface area contributed by atoms with E-state index in [4.69, 9.17) is 5.73 Å². The molecule has 1 aliphatic heterocycles. The van der Waals surface area contributed by atoms with E-state index >= 15 is 0 Å². The summed E-state index contributed by atoms with van der Waals surface area (Å²) in [5.41, 5.74) is 8.75. The first-order valence-electron chi connectivity index (χ1n) is 11.0. The fraction of sp³-hybridized carbons (Fsp3) is 0.480. The van der Waals surface area contributed by atoms with Gasteiger partial charge in [-0.15, -0.1) is 0 Å². The van der Waals surface area contributed by atoms with Gasteiger partial charge in [-0.1, -0.05) is 64.1 Å². The number of carbonyl (C=O) groups is 1. The maximum Gasteiger partial charge on any atom is 0.243 e. The highest BCUT2D eigenvalue weighted by atomic mass is 32.2. The molecule has 0 radical (unpaired) electrons. The summed E-state index contributed by atoms with van der Waals surface area (Å²) in [5.74, 6) is 0.763. The number of hydrogen-bond acceptors (Lipinski definition) is 4. The highest BCUT2D eigenvalue weighted by molar-refractivity contribution is 7.89. The molecule has 1 heterocycles. The Morgan fingerprint density at radius 1 is 0.903 bits per heavy atom. The Balaban J connectivity index is 1.64. The van der Waals surface area contributed by atoms with Crippen LogP contribution in [-0.2, 0) is 21.2 Å². The molecule has 2 aromatic rings. The number of nitrogens with two attached hydrogens (primary N) is 1. The van der Waals surface area contributed by atoms with Crippen molar-refractivity contribution in [2.45, 2.75) is 69.2 Å². The van der Waals surface area contributed by atoms with Gasteiger partial charge in [0.25, 0.3) is 0 Å². The molecule has 2 N–H and O–H groups in total. The van der Waals surface area contributed by atoms with Crippen molar-refractivity contribution < 1.29 is 13.2 Å². The summed E-state index contributed by atoms with van der Waals surface area (Å²) in [5, 5.41) is 0. The lowest BCUT2D eigenvalue weighted by Gasteiger charge is -2.37. The summed E-state index contributed by atoms with van der Waals surface area (Å²) >= 11 is 0. The lowest BCUT2D eigenvalue weighted by atomic mass is 9.82. The van der Waals surface area contributed by atoms with Crippen LogP contribution in [0, 0.1) is 0 Å². The van der Waals surface area contributed by atoms with Gasteiger partial charge in [-0.05, 0) is 53.5 Å². The highest BCUT2D eigenvalue weighted by Gasteiger charge is 2.40. The Bertz CT molecular complexity index is 1000. The molecule has 5 nitrogen and oxygen atoms in total. The zero-order valence-electron chi connectivity index (χ0n) is 19.0. The third-order valence-corrected chi connectivity index (χ3v) is 8.28. The number of piperidine rings is 1. The van der Waals surface area contributed by atoms with Crippen LogP contribution in [0.5, 0.6) is 0 Å². The predicted molar refractivity (Wildman–Crippen MR) is 125 cm³/mol. The Labute approximate surface area is 186 Å². The van der Waals surface area contributed by atoms with Gasteiger partial charge in [-0.2, -0.15) is 4.31 Å². The molecule has 3 rings (SSSR count). The van der Waals surface area contributed by atoms with Crippen LogP contribution >= 0.6 is 0 Å². The Morgan fingerprint density at radius 2 is 1.35 bits per heavy atom. The van der Waals surface area contributed by atoms with Crippen molar-refractivity contribution in [1.82, 2.24) is 4.31 Å². The fourth-order valence-corrected chi connectivity index (χ4v) is 5.40. The van der Waals surface area contributed by atoms with Crippen LogP contribution in [0.15, 0.2) is 53.4 Å². The molecular formula is C25H34N2O3S. The van der Waals surface area contributed by atoms with Gasteiger partial charge in [0.05, 0.1) is 10.4 Å². The topological polar surface area (TPSA) is 80.5 Å². The van der Waals surface area contributed by atoms with E-state index in [9.17, 15) is 13.2 Å². The molecular weight excluding hydrogens is 408 g/mol. The van der Waals surface area contributed by atoms with Gasteiger partial charge in [-0.3, -0.25) is 4.79 Å². The molecule has 6 heteroatoms. The van der Waals surface area contributed by atoms with Gasteiger partial charge in [0.2, 0.25) is 10.0 Å². The highest BCUT2D eigenvalue weighted by Crippen LogP contribution is 2.28. The lowest BCUT2D eigenvalue weighted by Crippen LogP contribution is -2.56. The number of hydrogen-bond donors (Lipinski definition) is 1. The SMILES string of the molecule is CC(C)c1ccc(CC(=O)C2(N)CCN(S(=O)(=O)c3ccc(C(C)C)cc3)CC2)cc1. The number of sulfonamides is 1. The zero-order valence-corrected chi connectivity index (χ0v) is 19.8. The molecule has 0 atom stereocenters. The van der Waals surface area contributed by atoms with Crippen LogP contribution in [0.1, 0.15) is 69.1 Å². The Kier molecular flexibility index (Phi) is 7.04. The number of benzene rings is 2. The molecule has 0 aromatic heterocycles. The molecule has 168 valence electrons. The van der Waals surface area contributed by atoms with E-state index < -0.39 is 15.6 Å². The van der Waals surface area contributed by atoms with Crippen molar-refractivity contribution in [1.29, 1.82) is 0 Å². The van der Waals surface area contributed by atoms with Crippen LogP contribution in [0.2, 0.25) is 0 Å². The van der Waals surface area contributed by atoms with E-state index in [2.05, 4.69) is 39.8 Å². The molecule has 0 unspecified atom stereocenters. The molecule has 0 saturated carbocycles. The second kappa shape index (κ2) is 9.23. The van der Waals surface area contributed by atoms with E-state index in [1.54, 1.807) is 12.1 Å². The number of Topliss-reactive ketones (excluding diaryl/α,β-unsaturated/α-hetero) is 1. The normalized spacial score (nSPS) is 17.3. The van der Waals surface area contributed by atoms with Gasteiger partial charge < -0.3 is 5.73 Å².